The summed E-state index contributed by atoms with van der Waals surface area (Å²) in [5.74, 6) is -1.17. The molecule has 0 radical (unpaired) electrons. The Morgan fingerprint density at radius 1 is 0.812 bits per heavy atom. The zero-order chi connectivity index (χ0) is 24.5. The van der Waals surface area contributed by atoms with Crippen LogP contribution in [0.5, 0.6) is 11.5 Å². The van der Waals surface area contributed by atoms with Crippen molar-refractivity contribution < 1.29 is 53.8 Å². The zero-order valence-corrected chi connectivity index (χ0v) is 17.3. The number of ether oxygens (including phenoxy) is 3. The van der Waals surface area contributed by atoms with E-state index in [1.54, 1.807) is 4.72 Å². The Morgan fingerprint density at radius 2 is 1.28 bits per heavy atom. The first kappa shape index (κ1) is 25.1. The van der Waals surface area contributed by atoms with Crippen molar-refractivity contribution >= 4 is 21.7 Å². The summed E-state index contributed by atoms with van der Waals surface area (Å²) in [6.07, 6.45) is -10.5. The molecule has 2 aromatic carbocycles. The lowest BCUT2D eigenvalue weighted by atomic mass is 10.1. The lowest BCUT2D eigenvalue weighted by molar-refractivity contribution is -0.143. The second-order valence-electron chi connectivity index (χ2n) is 6.09. The van der Waals surface area contributed by atoms with Crippen molar-refractivity contribution in [3.8, 4) is 11.5 Å². The lowest BCUT2D eigenvalue weighted by Gasteiger charge is -2.17. The monoisotopic (exact) mass is 487 g/mol. The molecule has 0 heterocycles. The van der Waals surface area contributed by atoms with Crippen LogP contribution in [0.15, 0.2) is 35.2 Å². The summed E-state index contributed by atoms with van der Waals surface area (Å²) in [4.78, 5) is 10.7. The van der Waals surface area contributed by atoms with Gasteiger partial charge in [-0.25, -0.2) is 13.2 Å². The van der Waals surface area contributed by atoms with Crippen LogP contribution in [0.2, 0.25) is 0 Å². The Kier molecular flexibility index (Phi) is 6.87. The van der Waals surface area contributed by atoms with Gasteiger partial charge in [0.1, 0.15) is 0 Å². The highest BCUT2D eigenvalue weighted by Crippen LogP contribution is 2.39. The Hall–Kier alpha value is -3.16. The second-order valence-corrected chi connectivity index (χ2v) is 7.77. The number of benzene rings is 2. The van der Waals surface area contributed by atoms with E-state index in [1.165, 1.54) is 14.2 Å². The fourth-order valence-electron chi connectivity index (χ4n) is 2.53. The van der Waals surface area contributed by atoms with Gasteiger partial charge in [0.15, 0.2) is 11.5 Å². The molecule has 0 saturated heterocycles. The van der Waals surface area contributed by atoms with Gasteiger partial charge in [-0.05, 0) is 18.2 Å². The molecule has 14 heteroatoms. The summed E-state index contributed by atoms with van der Waals surface area (Å²) in [7, 11) is -1.68. The van der Waals surface area contributed by atoms with Gasteiger partial charge in [0.05, 0.1) is 48.6 Å². The second kappa shape index (κ2) is 8.76. The molecular weight excluding hydrogens is 472 g/mol. The third-order valence-corrected chi connectivity index (χ3v) is 5.39. The number of hydrogen-bond acceptors (Lipinski definition) is 6. The summed E-state index contributed by atoms with van der Waals surface area (Å²) < 4.78 is 120. The number of anilines is 1. The lowest BCUT2D eigenvalue weighted by Crippen LogP contribution is -2.19. The summed E-state index contributed by atoms with van der Waals surface area (Å²) in [6.45, 7) is 0. The molecule has 0 bridgehead atoms. The van der Waals surface area contributed by atoms with Crippen LogP contribution in [0.4, 0.5) is 32.0 Å². The van der Waals surface area contributed by atoms with Crippen molar-refractivity contribution in [1.82, 2.24) is 0 Å². The molecule has 0 unspecified atom stereocenters. The number of sulfonamides is 1. The minimum atomic E-state index is -5.26. The Morgan fingerprint density at radius 3 is 1.69 bits per heavy atom. The molecule has 0 aliphatic carbocycles. The molecule has 0 fully saturated rings. The largest absolute Gasteiger partial charge is 0.493 e. The maximum atomic E-state index is 13.1. The molecule has 0 amide bonds. The molecule has 32 heavy (non-hydrogen) atoms. The standard InChI is InChI=1S/C18H15F6NO6S/c1-29-14-7-12(16(26)31-3)13(8-15(14)30-2)25-32(27,28)11-5-9(17(19,20)21)4-10(6-11)18(22,23)24/h4-8,25H,1-3H3. The van der Waals surface area contributed by atoms with E-state index < -0.39 is 55.6 Å². The average molecular weight is 487 g/mol. The number of rotatable bonds is 6. The Labute approximate surface area is 177 Å². The van der Waals surface area contributed by atoms with Crippen molar-refractivity contribution in [2.24, 2.45) is 0 Å². The van der Waals surface area contributed by atoms with Gasteiger partial charge in [-0.2, -0.15) is 26.3 Å². The molecule has 176 valence electrons. The van der Waals surface area contributed by atoms with Gasteiger partial charge < -0.3 is 14.2 Å². The fraction of sp³-hybridized carbons (Fsp3) is 0.278. The first-order chi connectivity index (χ1) is 14.6. The van der Waals surface area contributed by atoms with E-state index in [0.29, 0.717) is 0 Å². The number of carbonyl (C=O) groups is 1. The Bertz CT molecular complexity index is 1100. The number of methoxy groups -OCH3 is 3. The molecule has 0 aromatic heterocycles. The van der Waals surface area contributed by atoms with Crippen molar-refractivity contribution in [1.29, 1.82) is 0 Å². The van der Waals surface area contributed by atoms with Gasteiger partial charge in [-0.15, -0.1) is 0 Å². The highest BCUT2D eigenvalue weighted by atomic mass is 32.2. The average Bonchev–Trinajstić information content (AvgIpc) is 2.70. The number of carbonyl (C=O) groups excluding carboxylic acids is 1. The van der Waals surface area contributed by atoms with Gasteiger partial charge in [0.25, 0.3) is 10.0 Å². The topological polar surface area (TPSA) is 90.9 Å². The van der Waals surface area contributed by atoms with Gasteiger partial charge in [0, 0.05) is 12.1 Å². The molecule has 7 nitrogen and oxygen atoms in total. The third kappa shape index (κ3) is 5.36. The van der Waals surface area contributed by atoms with Crippen LogP contribution in [0.25, 0.3) is 0 Å². The van der Waals surface area contributed by atoms with E-state index in [2.05, 4.69) is 4.74 Å². The van der Waals surface area contributed by atoms with E-state index in [1.807, 2.05) is 0 Å². The summed E-state index contributed by atoms with van der Waals surface area (Å²) >= 11 is 0. The number of alkyl halides is 6. The van der Waals surface area contributed by atoms with Crippen molar-refractivity contribution in [2.45, 2.75) is 17.2 Å². The van der Waals surface area contributed by atoms with Crippen molar-refractivity contribution in [3.63, 3.8) is 0 Å². The highest BCUT2D eigenvalue weighted by molar-refractivity contribution is 7.92. The van der Waals surface area contributed by atoms with Crippen LogP contribution < -0.4 is 14.2 Å². The predicted octanol–water partition coefficient (Wildman–Crippen LogP) is 4.33. The van der Waals surface area contributed by atoms with Gasteiger partial charge in [-0.1, -0.05) is 0 Å². The van der Waals surface area contributed by atoms with Crippen LogP contribution in [-0.4, -0.2) is 35.7 Å². The van der Waals surface area contributed by atoms with Crippen LogP contribution in [-0.2, 0) is 27.1 Å². The maximum absolute atomic E-state index is 13.1. The third-order valence-electron chi connectivity index (χ3n) is 4.04. The summed E-state index contributed by atoms with van der Waals surface area (Å²) in [5, 5.41) is 0. The first-order valence-corrected chi connectivity index (χ1v) is 9.79. The number of halogens is 6. The van der Waals surface area contributed by atoms with Crippen LogP contribution in [0.1, 0.15) is 21.5 Å². The fourth-order valence-corrected chi connectivity index (χ4v) is 3.67. The van der Waals surface area contributed by atoms with E-state index >= 15 is 0 Å². The van der Waals surface area contributed by atoms with Crippen molar-refractivity contribution in [2.75, 3.05) is 26.1 Å². The van der Waals surface area contributed by atoms with Crippen LogP contribution in [0, 0.1) is 0 Å². The van der Waals surface area contributed by atoms with Crippen LogP contribution in [0.3, 0.4) is 0 Å². The first-order valence-electron chi connectivity index (χ1n) is 8.30. The van der Waals surface area contributed by atoms with Crippen LogP contribution >= 0.6 is 0 Å². The highest BCUT2D eigenvalue weighted by Gasteiger charge is 2.38. The zero-order valence-electron chi connectivity index (χ0n) is 16.5. The van der Waals surface area contributed by atoms with E-state index in [0.717, 1.165) is 19.2 Å². The molecule has 2 aromatic rings. The normalized spacial score (nSPS) is 12.3. The van der Waals surface area contributed by atoms with E-state index in [9.17, 15) is 39.6 Å². The molecule has 2 rings (SSSR count). The molecule has 0 spiro atoms. The van der Waals surface area contributed by atoms with Gasteiger partial charge in [-0.3, -0.25) is 4.72 Å². The smallest absolute Gasteiger partial charge is 0.416 e. The molecule has 0 saturated carbocycles. The summed E-state index contributed by atoms with van der Waals surface area (Å²) in [5.41, 5.74) is -4.61. The molecule has 0 atom stereocenters. The predicted molar refractivity (Wildman–Crippen MR) is 98.1 cm³/mol. The van der Waals surface area contributed by atoms with E-state index in [4.69, 9.17) is 9.47 Å². The minimum absolute atomic E-state index is 0.0192. The summed E-state index contributed by atoms with van der Waals surface area (Å²) in [6, 6.07) is 1.85. The minimum Gasteiger partial charge on any atom is -0.493 e. The Balaban J connectivity index is 2.69. The number of nitrogens with one attached hydrogen (secondary N) is 1. The number of esters is 1. The SMILES string of the molecule is COC(=O)c1cc(OC)c(OC)cc1NS(=O)(=O)c1cc(C(F)(F)F)cc(C(F)(F)F)c1. The maximum Gasteiger partial charge on any atom is 0.416 e. The quantitative estimate of drug-likeness (QED) is 0.482. The van der Waals surface area contributed by atoms with Gasteiger partial charge >= 0.3 is 18.3 Å². The molecule has 0 aliphatic heterocycles. The number of hydrogen-bond donors (Lipinski definition) is 1. The molecule has 0 aliphatic rings. The molecule has 1 N–H and O–H groups in total. The molecular formula is C18H15F6NO6S. The van der Waals surface area contributed by atoms with Gasteiger partial charge in [0.2, 0.25) is 0 Å². The van der Waals surface area contributed by atoms with Crippen molar-refractivity contribution in [3.05, 3.63) is 47.0 Å². The van der Waals surface area contributed by atoms with E-state index in [-0.39, 0.29) is 29.7 Å².